The van der Waals surface area contributed by atoms with Crippen LogP contribution in [0.1, 0.15) is 16.1 Å². The Bertz CT molecular complexity index is 579. The zero-order chi connectivity index (χ0) is 13.1. The first-order valence-electron chi connectivity index (χ1n) is 5.40. The lowest BCUT2D eigenvalue weighted by atomic mass is 10.2. The van der Waals surface area contributed by atoms with Crippen molar-refractivity contribution in [2.75, 3.05) is 11.1 Å². The van der Waals surface area contributed by atoms with Crippen molar-refractivity contribution in [3.8, 4) is 0 Å². The van der Waals surface area contributed by atoms with E-state index in [0.29, 0.717) is 11.5 Å². The Balaban J connectivity index is 2.23. The normalized spacial score (nSPS) is 10.1. The highest BCUT2D eigenvalue weighted by molar-refractivity contribution is 5.88. The molecule has 5 heteroatoms. The molecular formula is C13H13N3O2. The van der Waals surface area contributed by atoms with E-state index in [0.717, 1.165) is 11.4 Å². The van der Waals surface area contributed by atoms with Crippen molar-refractivity contribution < 1.29 is 9.90 Å². The van der Waals surface area contributed by atoms with E-state index in [1.165, 1.54) is 12.1 Å². The Kier molecular flexibility index (Phi) is 3.14. The number of nitrogens with one attached hydrogen (secondary N) is 1. The molecule has 1 aromatic carbocycles. The first-order chi connectivity index (χ1) is 8.56. The summed E-state index contributed by atoms with van der Waals surface area (Å²) in [6.45, 7) is 1.87. The molecule has 0 aliphatic carbocycles. The highest BCUT2D eigenvalue weighted by Gasteiger charge is 2.04. The second-order valence-corrected chi connectivity index (χ2v) is 3.90. The van der Waals surface area contributed by atoms with Gasteiger partial charge in [-0.15, -0.1) is 0 Å². The maximum absolute atomic E-state index is 10.7. The van der Waals surface area contributed by atoms with Gasteiger partial charge in [0.15, 0.2) is 5.82 Å². The van der Waals surface area contributed by atoms with Gasteiger partial charge in [-0.05, 0) is 43.3 Å². The minimum atomic E-state index is -0.949. The van der Waals surface area contributed by atoms with E-state index in [1.807, 2.05) is 13.0 Å². The maximum Gasteiger partial charge on any atom is 0.335 e. The molecule has 0 amide bonds. The van der Waals surface area contributed by atoms with Crippen LogP contribution in [0.25, 0.3) is 0 Å². The van der Waals surface area contributed by atoms with Crippen molar-refractivity contribution in [1.29, 1.82) is 0 Å². The van der Waals surface area contributed by atoms with E-state index >= 15 is 0 Å². The van der Waals surface area contributed by atoms with Crippen molar-refractivity contribution in [2.45, 2.75) is 6.92 Å². The minimum absolute atomic E-state index is 0.241. The van der Waals surface area contributed by atoms with E-state index < -0.39 is 5.97 Å². The van der Waals surface area contributed by atoms with E-state index in [2.05, 4.69) is 10.3 Å². The molecule has 2 rings (SSSR count). The van der Waals surface area contributed by atoms with Gasteiger partial charge in [-0.2, -0.15) is 0 Å². The Morgan fingerprint density at radius 1 is 1.22 bits per heavy atom. The lowest BCUT2D eigenvalue weighted by molar-refractivity contribution is 0.0697. The summed E-state index contributed by atoms with van der Waals surface area (Å²) in [5.74, 6) is -0.382. The van der Waals surface area contributed by atoms with Crippen LogP contribution >= 0.6 is 0 Å². The number of pyridine rings is 1. The Morgan fingerprint density at radius 3 is 2.50 bits per heavy atom. The average Bonchev–Trinajstić information content (AvgIpc) is 2.34. The van der Waals surface area contributed by atoms with Gasteiger partial charge >= 0.3 is 5.97 Å². The van der Waals surface area contributed by atoms with Gasteiger partial charge < -0.3 is 16.2 Å². The van der Waals surface area contributed by atoms with E-state index in [9.17, 15) is 4.79 Å². The molecule has 0 aliphatic rings. The van der Waals surface area contributed by atoms with Crippen LogP contribution in [0.2, 0.25) is 0 Å². The van der Waals surface area contributed by atoms with Crippen LogP contribution < -0.4 is 11.1 Å². The summed E-state index contributed by atoms with van der Waals surface area (Å²) in [6.07, 6.45) is 0. The number of nitrogen functional groups attached to an aromatic ring is 1. The number of benzene rings is 1. The van der Waals surface area contributed by atoms with E-state index in [1.54, 1.807) is 18.2 Å². The minimum Gasteiger partial charge on any atom is -0.478 e. The summed E-state index contributed by atoms with van der Waals surface area (Å²) in [6, 6.07) is 10.00. The predicted octanol–water partition coefficient (Wildman–Crippen LogP) is 2.41. The summed E-state index contributed by atoms with van der Waals surface area (Å²) in [7, 11) is 0. The molecule has 1 aromatic heterocycles. The molecule has 0 bridgehead atoms. The molecule has 92 valence electrons. The summed E-state index contributed by atoms with van der Waals surface area (Å²) in [4.78, 5) is 15.0. The topological polar surface area (TPSA) is 88.2 Å². The number of carbonyl (C=O) groups is 1. The van der Waals surface area contributed by atoms with Gasteiger partial charge in [-0.1, -0.05) is 0 Å². The standard InChI is InChI=1S/C13H13N3O2/c1-8-2-7-11(14)12(15-8)16-10-5-3-9(4-6-10)13(17)18/h2-7H,14H2,1H3,(H,15,16)(H,17,18). The average molecular weight is 243 g/mol. The monoisotopic (exact) mass is 243 g/mol. The van der Waals surface area contributed by atoms with E-state index in [-0.39, 0.29) is 5.56 Å². The van der Waals surface area contributed by atoms with Crippen molar-refractivity contribution in [2.24, 2.45) is 0 Å². The molecule has 0 saturated carbocycles. The Labute approximate surface area is 104 Å². The lowest BCUT2D eigenvalue weighted by Crippen LogP contribution is -2.01. The van der Waals surface area contributed by atoms with Gasteiger partial charge in [0.25, 0.3) is 0 Å². The molecule has 0 saturated heterocycles. The van der Waals surface area contributed by atoms with Crippen LogP contribution in [-0.4, -0.2) is 16.1 Å². The molecule has 0 radical (unpaired) electrons. The predicted molar refractivity (Wildman–Crippen MR) is 70.1 cm³/mol. The van der Waals surface area contributed by atoms with Gasteiger partial charge in [-0.25, -0.2) is 9.78 Å². The van der Waals surface area contributed by atoms with Crippen molar-refractivity contribution in [3.63, 3.8) is 0 Å². The summed E-state index contributed by atoms with van der Waals surface area (Å²) < 4.78 is 0. The number of hydrogen-bond donors (Lipinski definition) is 3. The molecular weight excluding hydrogens is 230 g/mol. The fourth-order valence-corrected chi connectivity index (χ4v) is 1.50. The number of aromatic carboxylic acids is 1. The smallest absolute Gasteiger partial charge is 0.335 e. The number of anilines is 3. The summed E-state index contributed by atoms with van der Waals surface area (Å²) in [5.41, 5.74) is 8.18. The van der Waals surface area contributed by atoms with Gasteiger partial charge in [0.05, 0.1) is 11.3 Å². The largest absolute Gasteiger partial charge is 0.478 e. The highest BCUT2D eigenvalue weighted by Crippen LogP contribution is 2.21. The third-order valence-corrected chi connectivity index (χ3v) is 2.46. The first kappa shape index (κ1) is 11.9. The number of aryl methyl sites for hydroxylation is 1. The summed E-state index contributed by atoms with van der Waals surface area (Å²) >= 11 is 0. The van der Waals surface area contributed by atoms with Crippen LogP contribution in [-0.2, 0) is 0 Å². The molecule has 0 unspecified atom stereocenters. The number of carboxylic acids is 1. The number of nitrogens with zero attached hydrogens (tertiary/aromatic N) is 1. The maximum atomic E-state index is 10.7. The zero-order valence-corrected chi connectivity index (χ0v) is 9.84. The fourth-order valence-electron chi connectivity index (χ4n) is 1.50. The molecule has 2 aromatic rings. The van der Waals surface area contributed by atoms with Gasteiger partial charge in [0, 0.05) is 11.4 Å². The second-order valence-electron chi connectivity index (χ2n) is 3.90. The van der Waals surface area contributed by atoms with E-state index in [4.69, 9.17) is 10.8 Å². The molecule has 0 atom stereocenters. The fraction of sp³-hybridized carbons (Fsp3) is 0.0769. The van der Waals surface area contributed by atoms with Crippen molar-refractivity contribution in [3.05, 3.63) is 47.7 Å². The third-order valence-electron chi connectivity index (χ3n) is 2.46. The van der Waals surface area contributed by atoms with Crippen molar-refractivity contribution in [1.82, 2.24) is 4.98 Å². The van der Waals surface area contributed by atoms with Gasteiger partial charge in [-0.3, -0.25) is 0 Å². The number of carboxylic acid groups (broad SMARTS) is 1. The zero-order valence-electron chi connectivity index (χ0n) is 9.84. The van der Waals surface area contributed by atoms with Crippen molar-refractivity contribution >= 4 is 23.2 Å². The van der Waals surface area contributed by atoms with Crippen LogP contribution in [0.15, 0.2) is 36.4 Å². The van der Waals surface area contributed by atoms with Crippen LogP contribution in [0.4, 0.5) is 17.2 Å². The van der Waals surface area contributed by atoms with Crippen LogP contribution in [0, 0.1) is 6.92 Å². The molecule has 1 heterocycles. The molecule has 4 N–H and O–H groups in total. The Morgan fingerprint density at radius 2 is 1.89 bits per heavy atom. The Hall–Kier alpha value is -2.56. The molecule has 0 spiro atoms. The molecule has 0 fully saturated rings. The molecule has 5 nitrogen and oxygen atoms in total. The van der Waals surface area contributed by atoms with Gasteiger partial charge in [0.2, 0.25) is 0 Å². The number of hydrogen-bond acceptors (Lipinski definition) is 4. The van der Waals surface area contributed by atoms with Crippen LogP contribution in [0.5, 0.6) is 0 Å². The van der Waals surface area contributed by atoms with Crippen LogP contribution in [0.3, 0.4) is 0 Å². The quantitative estimate of drug-likeness (QED) is 0.770. The molecule has 0 aliphatic heterocycles. The number of aromatic nitrogens is 1. The van der Waals surface area contributed by atoms with Gasteiger partial charge in [0.1, 0.15) is 0 Å². The lowest BCUT2D eigenvalue weighted by Gasteiger charge is -2.09. The second kappa shape index (κ2) is 4.75. The molecule has 18 heavy (non-hydrogen) atoms. The highest BCUT2D eigenvalue weighted by atomic mass is 16.4. The number of nitrogens with two attached hydrogens (primary N) is 1. The SMILES string of the molecule is Cc1ccc(N)c(Nc2ccc(C(=O)O)cc2)n1. The number of rotatable bonds is 3. The third kappa shape index (κ3) is 2.57. The first-order valence-corrected chi connectivity index (χ1v) is 5.40. The summed E-state index contributed by atoms with van der Waals surface area (Å²) in [5, 5.41) is 11.8.